The molecule has 182 valence electrons. The van der Waals surface area contributed by atoms with Crippen molar-refractivity contribution in [3.63, 3.8) is 0 Å². The summed E-state index contributed by atoms with van der Waals surface area (Å²) >= 11 is 0. The minimum absolute atomic E-state index is 0.0611. The van der Waals surface area contributed by atoms with Crippen LogP contribution in [0.2, 0.25) is 0 Å². The summed E-state index contributed by atoms with van der Waals surface area (Å²) in [7, 11) is -0.945. The highest BCUT2D eigenvalue weighted by atomic mass is 31.1. The molecule has 0 aliphatic rings. The minimum atomic E-state index is -0.945. The Morgan fingerprint density at radius 1 is 0.613 bits per heavy atom. The molecule has 0 fully saturated rings. The van der Waals surface area contributed by atoms with Crippen molar-refractivity contribution in [3.05, 3.63) is 0 Å². The second-order valence-electron chi connectivity index (χ2n) is 8.36. The zero-order valence-electron chi connectivity index (χ0n) is 19.7. The van der Waals surface area contributed by atoms with Crippen LogP contribution in [0.3, 0.4) is 0 Å². The van der Waals surface area contributed by atoms with Crippen LogP contribution in [-0.4, -0.2) is 70.2 Å². The molecule has 0 unspecified atom stereocenters. The van der Waals surface area contributed by atoms with Crippen LogP contribution in [0.4, 0.5) is 0 Å². The number of carboxylic acid groups (broad SMARTS) is 3. The van der Waals surface area contributed by atoms with Crippen molar-refractivity contribution in [1.29, 1.82) is 0 Å². The van der Waals surface area contributed by atoms with E-state index < -0.39 is 44.0 Å². The van der Waals surface area contributed by atoms with E-state index in [1.807, 2.05) is 41.5 Å². The lowest BCUT2D eigenvalue weighted by Crippen LogP contribution is -2.46. The number of rotatable bonds is 18. The van der Waals surface area contributed by atoms with Crippen LogP contribution in [0.1, 0.15) is 60.8 Å². The summed E-state index contributed by atoms with van der Waals surface area (Å²) < 4.78 is 0. The van der Waals surface area contributed by atoms with Crippen molar-refractivity contribution < 1.29 is 29.7 Å². The van der Waals surface area contributed by atoms with Crippen molar-refractivity contribution in [1.82, 2.24) is 16.0 Å². The zero-order valence-corrected chi connectivity index (χ0v) is 20.6. The fourth-order valence-electron chi connectivity index (χ4n) is 3.15. The largest absolute Gasteiger partial charge is 0.480 e. The number of hydrogen-bond donors (Lipinski definition) is 6. The molecule has 0 bridgehead atoms. The molecule has 9 nitrogen and oxygen atoms in total. The first kappa shape index (κ1) is 29.7. The third-order valence-electron chi connectivity index (χ3n) is 6.04. The summed E-state index contributed by atoms with van der Waals surface area (Å²) in [6, 6.07) is -2.11. The molecule has 0 aliphatic carbocycles. The Bertz CT molecular complexity index is 489. The molecule has 0 spiro atoms. The molecule has 6 atom stereocenters. The van der Waals surface area contributed by atoms with E-state index in [0.29, 0.717) is 38.1 Å². The van der Waals surface area contributed by atoms with Crippen LogP contribution in [-0.2, 0) is 14.4 Å². The van der Waals surface area contributed by atoms with E-state index >= 15 is 0 Å². The van der Waals surface area contributed by atoms with Gasteiger partial charge in [-0.05, 0) is 17.8 Å². The van der Waals surface area contributed by atoms with Crippen LogP contribution in [0.25, 0.3) is 0 Å². The van der Waals surface area contributed by atoms with Gasteiger partial charge in [0.15, 0.2) is 0 Å². The monoisotopic (exact) mass is 463 g/mol. The van der Waals surface area contributed by atoms with E-state index in [0.717, 1.165) is 0 Å². The van der Waals surface area contributed by atoms with Gasteiger partial charge in [0.1, 0.15) is 18.1 Å². The van der Waals surface area contributed by atoms with Gasteiger partial charge >= 0.3 is 17.9 Å². The smallest absolute Gasteiger partial charge is 0.320 e. The molecular weight excluding hydrogens is 421 g/mol. The number of carboxylic acids is 3. The lowest BCUT2D eigenvalue weighted by atomic mass is 10.00. The second kappa shape index (κ2) is 15.5. The number of nitrogens with one attached hydrogen (secondary N) is 3. The second-order valence-corrected chi connectivity index (χ2v) is 10.7. The van der Waals surface area contributed by atoms with E-state index in [1.165, 1.54) is 0 Å². The van der Waals surface area contributed by atoms with Gasteiger partial charge in [0.05, 0.1) is 0 Å². The molecule has 0 rings (SSSR count). The van der Waals surface area contributed by atoms with Crippen LogP contribution >= 0.6 is 7.92 Å². The van der Waals surface area contributed by atoms with Crippen LogP contribution < -0.4 is 16.0 Å². The maximum atomic E-state index is 11.6. The van der Waals surface area contributed by atoms with Crippen molar-refractivity contribution in [2.75, 3.05) is 18.9 Å². The Hall–Kier alpha value is -1.28. The topological polar surface area (TPSA) is 148 Å². The van der Waals surface area contributed by atoms with Crippen LogP contribution in [0.15, 0.2) is 0 Å². The Labute approximate surface area is 187 Å². The van der Waals surface area contributed by atoms with Gasteiger partial charge in [-0.3, -0.25) is 14.4 Å². The highest BCUT2D eigenvalue weighted by Crippen LogP contribution is 2.32. The minimum Gasteiger partial charge on any atom is -0.480 e. The molecule has 0 aromatic rings. The maximum absolute atomic E-state index is 11.6. The standard InChI is InChI=1S/C21H42N3O6P/c1-7-13(4)16(19(25)26)22-10-31(11-23-17(20(27)28)14(5)8-2)12-24-18(21(29)30)15(6)9-3/h13-18,22-24H,7-12H2,1-6H3,(H,25,26)(H,27,28)(H,29,30)/t13-,14-,15-,16-,17-,18-/m0/s1. The molecule has 0 heterocycles. The average molecular weight is 464 g/mol. The summed E-state index contributed by atoms with van der Waals surface area (Å²) in [6.45, 7) is 11.4. The normalized spacial score (nSPS) is 17.5. The Morgan fingerprint density at radius 3 is 1.00 bits per heavy atom. The van der Waals surface area contributed by atoms with E-state index in [-0.39, 0.29) is 17.8 Å². The molecule has 0 aromatic carbocycles. The predicted molar refractivity (Wildman–Crippen MR) is 124 cm³/mol. The SMILES string of the molecule is CC[C@H](C)[C@H](NCP(CN[C@H](C(=O)O)[C@@H](C)CC)CN[C@H](C(=O)O)[C@@H](C)CC)C(=O)O. The first-order chi connectivity index (χ1) is 14.5. The van der Waals surface area contributed by atoms with Gasteiger partial charge in [0, 0.05) is 18.9 Å². The molecule has 0 saturated heterocycles. The molecule has 0 aliphatic heterocycles. The highest BCUT2D eigenvalue weighted by molar-refractivity contribution is 7.57. The van der Waals surface area contributed by atoms with E-state index in [9.17, 15) is 29.7 Å². The zero-order chi connectivity index (χ0) is 24.1. The third-order valence-corrected chi connectivity index (χ3v) is 7.93. The molecule has 0 radical (unpaired) electrons. The maximum Gasteiger partial charge on any atom is 0.320 e. The van der Waals surface area contributed by atoms with Crippen molar-refractivity contribution in [3.8, 4) is 0 Å². The predicted octanol–water partition coefficient (Wildman–Crippen LogP) is 2.61. The fraction of sp³-hybridized carbons (Fsp3) is 0.857. The first-order valence-corrected chi connectivity index (χ1v) is 13.0. The van der Waals surface area contributed by atoms with Gasteiger partial charge in [-0.15, -0.1) is 0 Å². The van der Waals surface area contributed by atoms with Gasteiger partial charge < -0.3 is 31.3 Å². The van der Waals surface area contributed by atoms with Crippen LogP contribution in [0.5, 0.6) is 0 Å². The molecule has 0 saturated carbocycles. The van der Waals surface area contributed by atoms with Gasteiger partial charge in [-0.2, -0.15) is 0 Å². The summed E-state index contributed by atoms with van der Waals surface area (Å²) in [4.78, 5) is 34.9. The van der Waals surface area contributed by atoms with E-state index in [1.54, 1.807) is 0 Å². The fourth-order valence-corrected chi connectivity index (χ4v) is 4.85. The number of aliphatic carboxylic acids is 3. The van der Waals surface area contributed by atoms with Crippen LogP contribution in [0, 0.1) is 17.8 Å². The first-order valence-electron chi connectivity index (χ1n) is 11.1. The summed E-state index contributed by atoms with van der Waals surface area (Å²) in [5, 5.41) is 38.0. The molecule has 6 N–H and O–H groups in total. The Balaban J connectivity index is 5.32. The molecular formula is C21H42N3O6P. The number of carbonyl (C=O) groups is 3. The van der Waals surface area contributed by atoms with Crippen molar-refractivity contribution in [2.24, 2.45) is 17.8 Å². The Morgan fingerprint density at radius 2 is 0.839 bits per heavy atom. The van der Waals surface area contributed by atoms with E-state index in [2.05, 4.69) is 16.0 Å². The quantitative estimate of drug-likeness (QED) is 0.169. The molecule has 0 aromatic heterocycles. The molecule has 0 amide bonds. The van der Waals surface area contributed by atoms with Gasteiger partial charge in [-0.25, -0.2) is 0 Å². The third kappa shape index (κ3) is 10.7. The molecule has 31 heavy (non-hydrogen) atoms. The Kier molecular flexibility index (Phi) is 14.9. The summed E-state index contributed by atoms with van der Waals surface area (Å²) in [5.41, 5.74) is 0. The van der Waals surface area contributed by atoms with Gasteiger partial charge in [-0.1, -0.05) is 68.7 Å². The van der Waals surface area contributed by atoms with Crippen molar-refractivity contribution >= 4 is 25.8 Å². The average Bonchev–Trinajstić information content (AvgIpc) is 2.71. The molecule has 10 heteroatoms. The highest BCUT2D eigenvalue weighted by Gasteiger charge is 2.28. The summed E-state index contributed by atoms with van der Waals surface area (Å²) in [5.74, 6) is -2.94. The van der Waals surface area contributed by atoms with Gasteiger partial charge in [0.25, 0.3) is 0 Å². The van der Waals surface area contributed by atoms with E-state index in [4.69, 9.17) is 0 Å². The lowest BCUT2D eigenvalue weighted by molar-refractivity contribution is -0.141. The van der Waals surface area contributed by atoms with Gasteiger partial charge in [0.2, 0.25) is 0 Å². The van der Waals surface area contributed by atoms with Crippen molar-refractivity contribution in [2.45, 2.75) is 78.9 Å². The lowest BCUT2D eigenvalue weighted by Gasteiger charge is -2.29. The summed E-state index contributed by atoms with van der Waals surface area (Å²) in [6.07, 6.45) is 3.29. The number of hydrogen-bond acceptors (Lipinski definition) is 6.